The summed E-state index contributed by atoms with van der Waals surface area (Å²) in [5.74, 6) is -1.84. The highest BCUT2D eigenvalue weighted by Gasteiger charge is 2.38. The van der Waals surface area contributed by atoms with Crippen molar-refractivity contribution in [2.75, 3.05) is 25.1 Å². The van der Waals surface area contributed by atoms with E-state index in [1.807, 2.05) is 36.7 Å². The second kappa shape index (κ2) is 14.9. The van der Waals surface area contributed by atoms with Crippen molar-refractivity contribution in [3.05, 3.63) is 36.0 Å². The summed E-state index contributed by atoms with van der Waals surface area (Å²) in [7, 11) is 0. The molecule has 1 fully saturated rings. The molecular formula is C27H40N6O5S. The zero-order chi connectivity index (χ0) is 28.4. The second-order valence-electron chi connectivity index (χ2n) is 9.89. The number of carboxylic acid groups (broad SMARTS) is 1. The number of hydrogen-bond acceptors (Lipinski definition) is 7. The molecule has 39 heavy (non-hydrogen) atoms. The van der Waals surface area contributed by atoms with E-state index in [0.717, 1.165) is 16.5 Å². The van der Waals surface area contributed by atoms with Gasteiger partial charge in [-0.05, 0) is 75.1 Å². The fraction of sp³-hybridized carbons (Fsp3) is 0.556. The summed E-state index contributed by atoms with van der Waals surface area (Å²) < 4.78 is 0. The zero-order valence-electron chi connectivity index (χ0n) is 22.4. The van der Waals surface area contributed by atoms with Crippen molar-refractivity contribution in [1.29, 1.82) is 0 Å². The molecule has 1 aromatic heterocycles. The number of aliphatic carboxylic acids is 1. The summed E-state index contributed by atoms with van der Waals surface area (Å²) in [5, 5.41) is 15.9. The number of H-pyrrole nitrogens is 1. The number of aromatic amines is 1. The molecule has 214 valence electrons. The number of likely N-dealkylation sites (tertiary alicyclic amines) is 1. The molecule has 11 nitrogen and oxygen atoms in total. The van der Waals surface area contributed by atoms with E-state index in [1.165, 1.54) is 16.7 Å². The first-order valence-electron chi connectivity index (χ1n) is 13.4. The molecule has 2 aromatic rings. The van der Waals surface area contributed by atoms with Crippen LogP contribution in [0.15, 0.2) is 30.5 Å². The minimum Gasteiger partial charge on any atom is -0.480 e. The monoisotopic (exact) mass is 560 g/mol. The van der Waals surface area contributed by atoms with Gasteiger partial charge in [0, 0.05) is 23.6 Å². The van der Waals surface area contributed by atoms with E-state index >= 15 is 0 Å². The van der Waals surface area contributed by atoms with Gasteiger partial charge in [0.2, 0.25) is 17.7 Å². The summed E-state index contributed by atoms with van der Waals surface area (Å²) >= 11 is 1.52. The molecular weight excluding hydrogens is 520 g/mol. The van der Waals surface area contributed by atoms with Crippen molar-refractivity contribution in [3.8, 4) is 0 Å². The fourth-order valence-corrected chi connectivity index (χ4v) is 5.41. The molecule has 1 saturated heterocycles. The number of nitrogens with one attached hydrogen (secondary N) is 3. The van der Waals surface area contributed by atoms with Crippen LogP contribution in [-0.4, -0.2) is 87.9 Å². The number of thioether (sulfide) groups is 1. The van der Waals surface area contributed by atoms with Gasteiger partial charge in [-0.15, -0.1) is 0 Å². The molecule has 0 radical (unpaired) electrons. The molecule has 2 heterocycles. The van der Waals surface area contributed by atoms with Gasteiger partial charge in [-0.3, -0.25) is 14.4 Å². The molecule has 3 rings (SSSR count). The Labute approximate surface area is 232 Å². The highest BCUT2D eigenvalue weighted by atomic mass is 32.2. The fourth-order valence-electron chi connectivity index (χ4n) is 4.94. The molecule has 4 atom stereocenters. The number of hydrogen-bond donors (Lipinski definition) is 6. The lowest BCUT2D eigenvalue weighted by atomic mass is 10.0. The van der Waals surface area contributed by atoms with Gasteiger partial charge in [0.25, 0.3) is 0 Å². The van der Waals surface area contributed by atoms with Crippen LogP contribution in [0.4, 0.5) is 0 Å². The molecule has 3 amide bonds. The number of nitrogens with two attached hydrogens (primary N) is 2. The number of amides is 3. The van der Waals surface area contributed by atoms with Crippen LogP contribution in [0.25, 0.3) is 10.9 Å². The standard InChI is InChI=1S/C27H40N6O5S/c1-39-14-11-21(24(34)32-22(27(37)38)9-4-5-12-28)31-25(35)23-10-6-13-33(23)26(36)19(29)15-17-16-30-20-8-3-2-7-18(17)20/h2-3,7-8,16,19,21-23,30H,4-6,9-15,28-29H2,1H3,(H,31,35)(H,32,34)(H,37,38). The summed E-state index contributed by atoms with van der Waals surface area (Å²) in [6, 6.07) is 4.23. The Bertz CT molecular complexity index is 1140. The molecule has 1 aliphatic heterocycles. The van der Waals surface area contributed by atoms with Crippen molar-refractivity contribution in [2.45, 2.75) is 69.1 Å². The Morgan fingerprint density at radius 1 is 1.15 bits per heavy atom. The van der Waals surface area contributed by atoms with Crippen LogP contribution in [0.3, 0.4) is 0 Å². The van der Waals surface area contributed by atoms with Crippen LogP contribution in [0.2, 0.25) is 0 Å². The van der Waals surface area contributed by atoms with Crippen molar-refractivity contribution in [1.82, 2.24) is 20.5 Å². The average Bonchev–Trinajstić information content (AvgIpc) is 3.57. The second-order valence-corrected chi connectivity index (χ2v) is 10.9. The lowest BCUT2D eigenvalue weighted by molar-refractivity contribution is -0.143. The molecule has 8 N–H and O–H groups in total. The minimum atomic E-state index is -1.13. The summed E-state index contributed by atoms with van der Waals surface area (Å²) in [6.45, 7) is 0.844. The lowest BCUT2D eigenvalue weighted by Crippen LogP contribution is -2.56. The third-order valence-corrected chi connectivity index (χ3v) is 7.72. The van der Waals surface area contributed by atoms with E-state index < -0.39 is 42.0 Å². The molecule has 0 spiro atoms. The van der Waals surface area contributed by atoms with Gasteiger partial charge in [-0.2, -0.15) is 11.8 Å². The van der Waals surface area contributed by atoms with E-state index in [1.54, 1.807) is 0 Å². The predicted octanol–water partition coefficient (Wildman–Crippen LogP) is 0.965. The highest BCUT2D eigenvalue weighted by Crippen LogP contribution is 2.22. The number of para-hydroxylation sites is 1. The Morgan fingerprint density at radius 3 is 2.64 bits per heavy atom. The van der Waals surface area contributed by atoms with E-state index in [0.29, 0.717) is 57.4 Å². The molecule has 1 aliphatic rings. The molecule has 0 saturated carbocycles. The maximum Gasteiger partial charge on any atom is 0.326 e. The Morgan fingerprint density at radius 2 is 1.92 bits per heavy atom. The van der Waals surface area contributed by atoms with Gasteiger partial charge >= 0.3 is 5.97 Å². The zero-order valence-corrected chi connectivity index (χ0v) is 23.2. The van der Waals surface area contributed by atoms with Crippen molar-refractivity contribution >= 4 is 46.4 Å². The van der Waals surface area contributed by atoms with Crippen LogP contribution in [-0.2, 0) is 25.6 Å². The third kappa shape index (κ3) is 8.20. The molecule has 12 heteroatoms. The number of unbranched alkanes of at least 4 members (excludes halogenated alkanes) is 1. The van der Waals surface area contributed by atoms with Gasteiger partial charge in [0.15, 0.2) is 0 Å². The number of nitrogens with zero attached hydrogens (tertiary/aromatic N) is 1. The number of carbonyl (C=O) groups excluding carboxylic acids is 3. The first-order chi connectivity index (χ1) is 18.8. The van der Waals surface area contributed by atoms with Crippen molar-refractivity contribution in [2.24, 2.45) is 11.5 Å². The summed E-state index contributed by atoms with van der Waals surface area (Å²) in [6.07, 6.45) is 6.96. The number of carbonyl (C=O) groups is 4. The van der Waals surface area contributed by atoms with Gasteiger partial charge in [-0.1, -0.05) is 18.2 Å². The van der Waals surface area contributed by atoms with E-state index in [2.05, 4.69) is 15.6 Å². The van der Waals surface area contributed by atoms with E-state index in [-0.39, 0.29) is 12.3 Å². The van der Waals surface area contributed by atoms with Gasteiger partial charge < -0.3 is 37.1 Å². The van der Waals surface area contributed by atoms with E-state index in [9.17, 15) is 24.3 Å². The highest BCUT2D eigenvalue weighted by molar-refractivity contribution is 7.98. The first kappa shape index (κ1) is 30.5. The number of rotatable bonds is 15. The molecule has 4 unspecified atom stereocenters. The lowest BCUT2D eigenvalue weighted by Gasteiger charge is -2.28. The largest absolute Gasteiger partial charge is 0.480 e. The third-order valence-electron chi connectivity index (χ3n) is 7.08. The first-order valence-corrected chi connectivity index (χ1v) is 14.8. The van der Waals surface area contributed by atoms with Crippen molar-refractivity contribution in [3.63, 3.8) is 0 Å². The topological polar surface area (TPSA) is 184 Å². The number of carboxylic acids is 1. The molecule has 0 aliphatic carbocycles. The van der Waals surface area contributed by atoms with E-state index in [4.69, 9.17) is 11.5 Å². The normalized spacial score (nSPS) is 17.5. The van der Waals surface area contributed by atoms with Crippen LogP contribution < -0.4 is 22.1 Å². The maximum absolute atomic E-state index is 13.3. The Kier molecular flexibility index (Phi) is 11.6. The van der Waals surface area contributed by atoms with Gasteiger partial charge in [-0.25, -0.2) is 4.79 Å². The van der Waals surface area contributed by atoms with Crippen LogP contribution in [0, 0.1) is 0 Å². The van der Waals surface area contributed by atoms with Gasteiger partial charge in [0.1, 0.15) is 18.1 Å². The molecule has 1 aromatic carbocycles. The maximum atomic E-state index is 13.3. The summed E-state index contributed by atoms with van der Waals surface area (Å²) in [4.78, 5) is 56.0. The smallest absolute Gasteiger partial charge is 0.326 e. The van der Waals surface area contributed by atoms with Crippen LogP contribution in [0.5, 0.6) is 0 Å². The Hall–Kier alpha value is -3.09. The Balaban J connectivity index is 1.64. The predicted molar refractivity (Wildman–Crippen MR) is 152 cm³/mol. The minimum absolute atomic E-state index is 0.251. The van der Waals surface area contributed by atoms with Crippen molar-refractivity contribution < 1.29 is 24.3 Å². The average molecular weight is 561 g/mol. The number of fused-ring (bicyclic) bond motifs is 1. The van der Waals surface area contributed by atoms with Crippen LogP contribution in [0.1, 0.15) is 44.1 Å². The number of benzene rings is 1. The summed E-state index contributed by atoms with van der Waals surface area (Å²) in [5.41, 5.74) is 13.7. The SMILES string of the molecule is CSCCC(NC(=O)C1CCCN1C(=O)C(N)Cc1c[nH]c2ccccc12)C(=O)NC(CCCCN)C(=O)O. The quantitative estimate of drug-likeness (QED) is 0.174. The van der Waals surface area contributed by atoms with Gasteiger partial charge in [0.05, 0.1) is 6.04 Å². The molecule has 0 bridgehead atoms. The van der Waals surface area contributed by atoms with Crippen LogP contribution >= 0.6 is 11.8 Å². The number of aromatic nitrogens is 1.